The van der Waals surface area contributed by atoms with Crippen molar-refractivity contribution < 1.29 is 13.2 Å². The van der Waals surface area contributed by atoms with Crippen LogP contribution in [0.2, 0.25) is 0 Å². The van der Waals surface area contributed by atoms with Crippen LogP contribution in [0, 0.1) is 0 Å². The topological polar surface area (TPSA) is 55.0 Å². The minimum Gasteiger partial charge on any atom is -0.351 e. The van der Waals surface area contributed by atoms with Crippen LogP contribution in [0.1, 0.15) is 12.1 Å². The van der Waals surface area contributed by atoms with Crippen LogP contribution in [-0.2, 0) is 6.54 Å². The van der Waals surface area contributed by atoms with Crippen LogP contribution in [0.5, 0.6) is 0 Å². The van der Waals surface area contributed by atoms with Gasteiger partial charge in [-0.3, -0.25) is 4.98 Å². The van der Waals surface area contributed by atoms with E-state index in [9.17, 15) is 13.2 Å². The first kappa shape index (κ1) is 12.8. The Bertz CT molecular complexity index is 456. The van der Waals surface area contributed by atoms with E-state index >= 15 is 0 Å². The maximum atomic E-state index is 12.5. The molecule has 0 aromatic carbocycles. The Morgan fingerprint density at radius 1 is 1.33 bits per heavy atom. The van der Waals surface area contributed by atoms with Gasteiger partial charge < -0.3 is 10.6 Å². The molecule has 4 nitrogen and oxygen atoms in total. The molecule has 0 atom stereocenters. The zero-order valence-corrected chi connectivity index (χ0v) is 9.61. The lowest BCUT2D eigenvalue weighted by molar-refractivity contribution is -0.0944. The van der Waals surface area contributed by atoms with Gasteiger partial charge in [-0.1, -0.05) is 6.08 Å². The molecule has 1 aliphatic heterocycles. The Kier molecular flexibility index (Phi) is 3.51. The van der Waals surface area contributed by atoms with Gasteiger partial charge in [0.1, 0.15) is 5.82 Å². The van der Waals surface area contributed by atoms with Crippen molar-refractivity contribution in [2.45, 2.75) is 19.1 Å². The summed E-state index contributed by atoms with van der Waals surface area (Å²) in [5.74, 6) is 0.565. The van der Waals surface area contributed by atoms with Crippen molar-refractivity contribution in [2.24, 2.45) is 5.73 Å². The second-order valence-electron chi connectivity index (χ2n) is 4.00. The number of anilines is 1. The zero-order valence-electron chi connectivity index (χ0n) is 9.61. The predicted molar refractivity (Wildman–Crippen MR) is 60.9 cm³/mol. The van der Waals surface area contributed by atoms with E-state index in [1.54, 1.807) is 11.1 Å². The SMILES string of the molecule is NCc1cncc(N2CC=C(C(F)(F)F)CC2)n1. The van der Waals surface area contributed by atoms with E-state index in [-0.39, 0.29) is 26.1 Å². The molecule has 0 amide bonds. The summed E-state index contributed by atoms with van der Waals surface area (Å²) in [5.41, 5.74) is 5.60. The van der Waals surface area contributed by atoms with Gasteiger partial charge in [0.25, 0.3) is 0 Å². The molecule has 98 valence electrons. The van der Waals surface area contributed by atoms with E-state index in [0.717, 1.165) is 0 Å². The third-order valence-electron chi connectivity index (χ3n) is 2.78. The summed E-state index contributed by atoms with van der Waals surface area (Å²) in [5, 5.41) is 0. The van der Waals surface area contributed by atoms with Crippen molar-refractivity contribution in [3.05, 3.63) is 29.7 Å². The van der Waals surface area contributed by atoms with Crippen LogP contribution in [0.3, 0.4) is 0 Å². The lowest BCUT2D eigenvalue weighted by Crippen LogP contribution is -2.32. The van der Waals surface area contributed by atoms with Gasteiger partial charge >= 0.3 is 6.18 Å². The molecule has 0 spiro atoms. The minimum atomic E-state index is -4.23. The third kappa shape index (κ3) is 2.79. The normalized spacial score (nSPS) is 16.7. The molecule has 2 rings (SSSR count). The van der Waals surface area contributed by atoms with Crippen molar-refractivity contribution in [3.63, 3.8) is 0 Å². The zero-order chi connectivity index (χ0) is 13.2. The number of aromatic nitrogens is 2. The van der Waals surface area contributed by atoms with Gasteiger partial charge in [0.15, 0.2) is 0 Å². The maximum Gasteiger partial charge on any atom is 0.412 e. The average molecular weight is 258 g/mol. The first-order valence-electron chi connectivity index (χ1n) is 5.53. The number of halogens is 3. The monoisotopic (exact) mass is 258 g/mol. The van der Waals surface area contributed by atoms with E-state index in [1.807, 2.05) is 0 Å². The summed E-state index contributed by atoms with van der Waals surface area (Å²) >= 11 is 0. The molecule has 7 heteroatoms. The molecular formula is C11H13F3N4. The molecule has 0 unspecified atom stereocenters. The molecule has 0 saturated heterocycles. The van der Waals surface area contributed by atoms with Crippen molar-refractivity contribution >= 4 is 5.82 Å². The minimum absolute atomic E-state index is 0.0297. The number of nitrogens with two attached hydrogens (primary N) is 1. The number of rotatable bonds is 2. The molecule has 2 N–H and O–H groups in total. The number of hydrogen-bond donors (Lipinski definition) is 1. The molecule has 0 bridgehead atoms. The Morgan fingerprint density at radius 3 is 2.67 bits per heavy atom. The molecule has 0 saturated carbocycles. The van der Waals surface area contributed by atoms with Crippen LogP contribution in [0.15, 0.2) is 24.0 Å². The number of hydrogen-bond acceptors (Lipinski definition) is 4. The van der Waals surface area contributed by atoms with Gasteiger partial charge in [-0.2, -0.15) is 13.2 Å². The van der Waals surface area contributed by atoms with Crippen LogP contribution < -0.4 is 10.6 Å². The molecule has 18 heavy (non-hydrogen) atoms. The lowest BCUT2D eigenvalue weighted by Gasteiger charge is -2.28. The van der Waals surface area contributed by atoms with Crippen molar-refractivity contribution in [1.82, 2.24) is 9.97 Å². The Hall–Kier alpha value is -1.63. The molecule has 0 radical (unpaired) electrons. The largest absolute Gasteiger partial charge is 0.412 e. The number of alkyl halides is 3. The van der Waals surface area contributed by atoms with E-state index < -0.39 is 11.7 Å². The molecule has 1 aromatic heterocycles. The van der Waals surface area contributed by atoms with Crippen LogP contribution in [0.4, 0.5) is 19.0 Å². The molecule has 0 fully saturated rings. The van der Waals surface area contributed by atoms with Crippen LogP contribution >= 0.6 is 0 Å². The molecular weight excluding hydrogens is 245 g/mol. The van der Waals surface area contributed by atoms with E-state index in [0.29, 0.717) is 11.5 Å². The molecule has 1 aromatic rings. The van der Waals surface area contributed by atoms with Crippen LogP contribution in [-0.4, -0.2) is 29.2 Å². The summed E-state index contributed by atoms with van der Waals surface area (Å²) in [6.45, 7) is 0.740. The van der Waals surface area contributed by atoms with E-state index in [2.05, 4.69) is 9.97 Å². The molecule has 1 aliphatic rings. The first-order valence-corrected chi connectivity index (χ1v) is 5.53. The fourth-order valence-electron chi connectivity index (χ4n) is 1.78. The Balaban J connectivity index is 2.11. The van der Waals surface area contributed by atoms with Gasteiger partial charge in [0.2, 0.25) is 0 Å². The second kappa shape index (κ2) is 4.93. The predicted octanol–water partition coefficient (Wildman–Crippen LogP) is 1.63. The first-order chi connectivity index (χ1) is 8.50. The lowest BCUT2D eigenvalue weighted by atomic mass is 10.1. The van der Waals surface area contributed by atoms with Crippen molar-refractivity contribution in [1.29, 1.82) is 0 Å². The summed E-state index contributed by atoms with van der Waals surface area (Å²) < 4.78 is 37.4. The van der Waals surface area contributed by atoms with Gasteiger partial charge in [-0.25, -0.2) is 4.98 Å². The highest BCUT2D eigenvalue weighted by Gasteiger charge is 2.34. The Labute approximate surface area is 102 Å². The third-order valence-corrected chi connectivity index (χ3v) is 2.78. The fraction of sp³-hybridized carbons (Fsp3) is 0.455. The molecule has 2 heterocycles. The number of nitrogens with zero attached hydrogens (tertiary/aromatic N) is 3. The Morgan fingerprint density at radius 2 is 2.11 bits per heavy atom. The smallest absolute Gasteiger partial charge is 0.351 e. The second-order valence-corrected chi connectivity index (χ2v) is 4.00. The van der Waals surface area contributed by atoms with Gasteiger partial charge in [-0.15, -0.1) is 0 Å². The summed E-state index contributed by atoms with van der Waals surface area (Å²) in [6.07, 6.45) is 0.0191. The standard InChI is InChI=1S/C11H13F3N4/c12-11(13,14)8-1-3-18(4-2-8)10-7-16-6-9(5-15)17-10/h1,6-7H,2-5,15H2. The van der Waals surface area contributed by atoms with Crippen molar-refractivity contribution in [3.8, 4) is 0 Å². The summed E-state index contributed by atoms with van der Waals surface area (Å²) in [4.78, 5) is 9.95. The summed E-state index contributed by atoms with van der Waals surface area (Å²) in [7, 11) is 0. The van der Waals surface area contributed by atoms with Crippen LogP contribution in [0.25, 0.3) is 0 Å². The van der Waals surface area contributed by atoms with E-state index in [1.165, 1.54) is 12.3 Å². The van der Waals surface area contributed by atoms with Gasteiger partial charge in [0, 0.05) is 31.4 Å². The quantitative estimate of drug-likeness (QED) is 0.819. The summed E-state index contributed by atoms with van der Waals surface area (Å²) in [6, 6.07) is 0. The van der Waals surface area contributed by atoms with Gasteiger partial charge in [-0.05, 0) is 6.42 Å². The highest BCUT2D eigenvalue weighted by atomic mass is 19.4. The highest BCUT2D eigenvalue weighted by Crippen LogP contribution is 2.30. The van der Waals surface area contributed by atoms with E-state index in [4.69, 9.17) is 5.73 Å². The highest BCUT2D eigenvalue weighted by molar-refractivity contribution is 5.40. The molecule has 0 aliphatic carbocycles. The fourth-order valence-corrected chi connectivity index (χ4v) is 1.78. The average Bonchev–Trinajstić information content (AvgIpc) is 2.38. The van der Waals surface area contributed by atoms with Gasteiger partial charge in [0.05, 0.1) is 11.9 Å². The maximum absolute atomic E-state index is 12.5. The van der Waals surface area contributed by atoms with Crippen molar-refractivity contribution in [2.75, 3.05) is 18.0 Å².